The van der Waals surface area contributed by atoms with Crippen LogP contribution < -0.4 is 11.3 Å². The SMILES string of the molecule is [2H]c1cc(N)c2c(=O)n(C3C(=O)CC(=O)C([2H])([2H])C3([2H])[2H])c(C)nc2c1[2H]. The Labute approximate surface area is 129 Å². The van der Waals surface area contributed by atoms with Crippen molar-refractivity contribution in [1.29, 1.82) is 0 Å². The molecule has 1 aliphatic carbocycles. The van der Waals surface area contributed by atoms with Crippen molar-refractivity contribution in [2.75, 3.05) is 5.73 Å². The van der Waals surface area contributed by atoms with Crippen LogP contribution in [0.15, 0.2) is 22.9 Å². The third-order valence-corrected chi connectivity index (χ3v) is 3.24. The minimum Gasteiger partial charge on any atom is -0.398 e. The summed E-state index contributed by atoms with van der Waals surface area (Å²) in [6, 6.07) is -1.45. The van der Waals surface area contributed by atoms with Gasteiger partial charge in [0, 0.05) is 17.5 Å². The molecule has 1 aromatic heterocycles. The topological polar surface area (TPSA) is 95.0 Å². The lowest BCUT2D eigenvalue weighted by Crippen LogP contribution is -2.36. The number of Topliss-reactive ketones (excluding diaryl/α,β-unsaturated/α-hetero) is 2. The molecular weight excluding hydrogens is 270 g/mol. The lowest BCUT2D eigenvalue weighted by Gasteiger charge is -2.24. The van der Waals surface area contributed by atoms with E-state index in [-0.39, 0.29) is 34.5 Å². The van der Waals surface area contributed by atoms with Crippen LogP contribution in [-0.2, 0) is 9.59 Å². The molecule has 1 atom stereocenters. The molecule has 3 rings (SSSR count). The number of ketones is 2. The Morgan fingerprint density at radius 3 is 3.00 bits per heavy atom. The quantitative estimate of drug-likeness (QED) is 0.628. The number of benzene rings is 1. The average molecular weight is 291 g/mol. The lowest BCUT2D eigenvalue weighted by atomic mass is 9.92. The summed E-state index contributed by atoms with van der Waals surface area (Å²) in [6.07, 6.45) is -6.84. The smallest absolute Gasteiger partial charge is 0.264 e. The molecular formula is C15H15N3O3. The van der Waals surface area contributed by atoms with E-state index in [1.54, 1.807) is 0 Å². The van der Waals surface area contributed by atoms with Gasteiger partial charge in [-0.3, -0.25) is 19.0 Å². The first-order valence-corrected chi connectivity index (χ1v) is 6.17. The van der Waals surface area contributed by atoms with Crippen LogP contribution >= 0.6 is 0 Å². The standard InChI is InChI=1S/C15H15N3O3/c1-8-17-11-4-2-3-10(16)14(11)15(21)18(8)12-6-5-9(19)7-13(12)20/h2-4,12H,5-7,16H2,1H3/i2D,4D,5D2,6D2. The van der Waals surface area contributed by atoms with Crippen molar-refractivity contribution in [2.45, 2.75) is 32.1 Å². The zero-order chi connectivity index (χ0) is 20.5. The van der Waals surface area contributed by atoms with Crippen molar-refractivity contribution < 1.29 is 17.8 Å². The highest BCUT2D eigenvalue weighted by Crippen LogP contribution is 2.24. The van der Waals surface area contributed by atoms with Gasteiger partial charge in [-0.15, -0.1) is 0 Å². The van der Waals surface area contributed by atoms with Crippen molar-refractivity contribution in [1.82, 2.24) is 9.55 Å². The first-order valence-electron chi connectivity index (χ1n) is 9.17. The Kier molecular flexibility index (Phi) is 1.84. The summed E-state index contributed by atoms with van der Waals surface area (Å²) < 4.78 is 48.0. The highest BCUT2D eigenvalue weighted by molar-refractivity contribution is 6.03. The number of nitrogen functional groups attached to an aromatic ring is 1. The molecule has 21 heavy (non-hydrogen) atoms. The zero-order valence-electron chi connectivity index (χ0n) is 17.1. The maximum atomic E-state index is 13.0. The van der Waals surface area contributed by atoms with Crippen LogP contribution in [0, 0.1) is 6.92 Å². The lowest BCUT2D eigenvalue weighted by molar-refractivity contribution is -0.132. The van der Waals surface area contributed by atoms with Gasteiger partial charge in [-0.2, -0.15) is 0 Å². The number of fused-ring (bicyclic) bond motifs is 1. The van der Waals surface area contributed by atoms with E-state index >= 15 is 0 Å². The number of aromatic nitrogens is 2. The van der Waals surface area contributed by atoms with E-state index in [2.05, 4.69) is 4.98 Å². The normalized spacial score (nSPS) is 28.1. The Bertz CT molecular complexity index is 1080. The molecule has 0 aliphatic heterocycles. The van der Waals surface area contributed by atoms with Gasteiger partial charge in [0.05, 0.1) is 26.1 Å². The second kappa shape index (κ2) is 4.80. The molecule has 0 saturated heterocycles. The van der Waals surface area contributed by atoms with Crippen LogP contribution in [0.5, 0.6) is 0 Å². The number of hydrogen-bond acceptors (Lipinski definition) is 5. The predicted molar refractivity (Wildman–Crippen MR) is 78.1 cm³/mol. The van der Waals surface area contributed by atoms with Gasteiger partial charge in [0.2, 0.25) is 0 Å². The second-order valence-electron chi connectivity index (χ2n) is 4.66. The molecule has 1 aliphatic rings. The number of nitrogens with zero attached hydrogens (tertiary/aromatic N) is 2. The zero-order valence-corrected chi connectivity index (χ0v) is 11.1. The average Bonchev–Trinajstić information content (AvgIpc) is 2.53. The fourth-order valence-electron chi connectivity index (χ4n) is 2.29. The molecule has 1 fully saturated rings. The van der Waals surface area contributed by atoms with Gasteiger partial charge < -0.3 is 5.73 Å². The summed E-state index contributed by atoms with van der Waals surface area (Å²) in [5, 5.41) is -0.261. The van der Waals surface area contributed by atoms with Crippen molar-refractivity contribution in [3.8, 4) is 0 Å². The molecule has 0 bridgehead atoms. The van der Waals surface area contributed by atoms with Gasteiger partial charge >= 0.3 is 0 Å². The highest BCUT2D eigenvalue weighted by Gasteiger charge is 2.30. The number of aryl methyl sites for hydroxylation is 1. The van der Waals surface area contributed by atoms with Crippen molar-refractivity contribution >= 4 is 28.2 Å². The van der Waals surface area contributed by atoms with E-state index in [1.165, 1.54) is 6.92 Å². The van der Waals surface area contributed by atoms with Gasteiger partial charge in [0.15, 0.2) is 5.78 Å². The van der Waals surface area contributed by atoms with E-state index in [0.717, 1.165) is 6.07 Å². The number of carbonyl (C=O) groups excluding carboxylic acids is 2. The fraction of sp³-hybridized carbons (Fsp3) is 0.333. The van der Waals surface area contributed by atoms with Crippen LogP contribution in [0.4, 0.5) is 5.69 Å². The first kappa shape index (κ1) is 8.07. The summed E-state index contributed by atoms with van der Waals surface area (Å²) >= 11 is 0. The Balaban J connectivity index is 2.40. The fourth-order valence-corrected chi connectivity index (χ4v) is 2.29. The third kappa shape index (κ3) is 2.12. The van der Waals surface area contributed by atoms with Crippen LogP contribution in [0.1, 0.15) is 39.3 Å². The molecule has 2 N–H and O–H groups in total. The molecule has 2 aromatic rings. The monoisotopic (exact) mass is 291 g/mol. The summed E-state index contributed by atoms with van der Waals surface area (Å²) in [5.41, 5.74) is 4.52. The molecule has 6 nitrogen and oxygen atoms in total. The van der Waals surface area contributed by atoms with Crippen molar-refractivity contribution in [3.05, 3.63) is 34.3 Å². The molecule has 0 spiro atoms. The van der Waals surface area contributed by atoms with Gasteiger partial charge in [-0.25, -0.2) is 4.98 Å². The number of anilines is 1. The molecule has 0 radical (unpaired) electrons. The Morgan fingerprint density at radius 2 is 2.24 bits per heavy atom. The van der Waals surface area contributed by atoms with Crippen LogP contribution in [0.3, 0.4) is 0 Å². The molecule has 1 heterocycles. The first-order chi connectivity index (χ1) is 12.3. The summed E-state index contributed by atoms with van der Waals surface area (Å²) in [7, 11) is 0. The van der Waals surface area contributed by atoms with Crippen LogP contribution in [-0.4, -0.2) is 21.1 Å². The Hall–Kier alpha value is -2.50. The second-order valence-corrected chi connectivity index (χ2v) is 4.66. The van der Waals surface area contributed by atoms with E-state index in [0.29, 0.717) is 4.57 Å². The van der Waals surface area contributed by atoms with E-state index in [4.69, 9.17) is 14.0 Å². The summed E-state index contributed by atoms with van der Waals surface area (Å²) in [4.78, 5) is 41.4. The van der Waals surface area contributed by atoms with Gasteiger partial charge in [0.1, 0.15) is 11.6 Å². The van der Waals surface area contributed by atoms with E-state index in [9.17, 15) is 14.4 Å². The van der Waals surface area contributed by atoms with Gasteiger partial charge in [-0.05, 0) is 25.4 Å². The molecule has 1 saturated carbocycles. The number of hydrogen-bond donors (Lipinski definition) is 1. The number of carbonyl (C=O) groups is 2. The minimum atomic E-state index is -3.00. The molecule has 1 aromatic carbocycles. The van der Waals surface area contributed by atoms with Gasteiger partial charge in [0.25, 0.3) is 5.56 Å². The molecule has 1 unspecified atom stereocenters. The largest absolute Gasteiger partial charge is 0.398 e. The third-order valence-electron chi connectivity index (χ3n) is 3.24. The maximum Gasteiger partial charge on any atom is 0.264 e. The van der Waals surface area contributed by atoms with Crippen molar-refractivity contribution in [3.63, 3.8) is 0 Å². The van der Waals surface area contributed by atoms with Crippen LogP contribution in [0.25, 0.3) is 10.9 Å². The molecule has 0 amide bonds. The van der Waals surface area contributed by atoms with Crippen molar-refractivity contribution in [2.24, 2.45) is 0 Å². The van der Waals surface area contributed by atoms with E-state index in [1.807, 2.05) is 0 Å². The Morgan fingerprint density at radius 1 is 1.48 bits per heavy atom. The van der Waals surface area contributed by atoms with E-state index < -0.39 is 42.3 Å². The number of rotatable bonds is 1. The van der Waals surface area contributed by atoms with Crippen LogP contribution in [0.2, 0.25) is 0 Å². The molecule has 6 heteroatoms. The molecule has 108 valence electrons. The maximum absolute atomic E-state index is 13.0. The summed E-state index contributed by atoms with van der Waals surface area (Å²) in [5.74, 6) is -2.30. The minimum absolute atomic E-state index is 0.154. The summed E-state index contributed by atoms with van der Waals surface area (Å²) in [6.45, 7) is 1.29. The highest BCUT2D eigenvalue weighted by atomic mass is 16.2. The number of nitrogens with two attached hydrogens (primary N) is 1. The predicted octanol–water partition coefficient (Wildman–Crippen LogP) is 1.15. The van der Waals surface area contributed by atoms with Gasteiger partial charge in [-0.1, -0.05) is 6.04 Å².